The number of rotatable bonds is 6. The lowest BCUT2D eigenvalue weighted by Crippen LogP contribution is -2.24. The van der Waals surface area contributed by atoms with Crippen molar-refractivity contribution in [2.75, 3.05) is 0 Å². The molecule has 7 heteroatoms. The molecule has 3 aromatic heterocycles. The van der Waals surface area contributed by atoms with Crippen LogP contribution >= 0.6 is 0 Å². The van der Waals surface area contributed by atoms with Crippen molar-refractivity contribution in [2.45, 2.75) is 26.5 Å². The molecule has 0 aliphatic heterocycles. The molecular formula is C22H21N5O2. The van der Waals surface area contributed by atoms with Crippen molar-refractivity contribution in [3.05, 3.63) is 89.0 Å². The van der Waals surface area contributed by atoms with Crippen LogP contribution in [-0.4, -0.2) is 24.5 Å². The Bertz CT molecular complexity index is 1150. The van der Waals surface area contributed by atoms with Crippen LogP contribution in [0.4, 0.5) is 0 Å². The van der Waals surface area contributed by atoms with Gasteiger partial charge < -0.3 is 4.74 Å². The summed E-state index contributed by atoms with van der Waals surface area (Å²) in [5.74, 6) is 0.477. The third kappa shape index (κ3) is 4.08. The fourth-order valence-corrected chi connectivity index (χ4v) is 2.95. The van der Waals surface area contributed by atoms with E-state index in [-0.39, 0.29) is 11.6 Å². The Labute approximate surface area is 168 Å². The molecule has 0 aliphatic rings. The molecule has 0 saturated heterocycles. The van der Waals surface area contributed by atoms with Crippen molar-refractivity contribution < 1.29 is 4.74 Å². The molecule has 0 spiro atoms. The smallest absolute Gasteiger partial charge is 0.267 e. The molecule has 29 heavy (non-hydrogen) atoms. The van der Waals surface area contributed by atoms with Gasteiger partial charge in [0.05, 0.1) is 17.4 Å². The molecular weight excluding hydrogens is 366 g/mol. The van der Waals surface area contributed by atoms with E-state index in [0.717, 1.165) is 16.9 Å². The van der Waals surface area contributed by atoms with E-state index in [2.05, 4.69) is 15.2 Å². The van der Waals surface area contributed by atoms with Crippen LogP contribution in [0, 0.1) is 0 Å². The summed E-state index contributed by atoms with van der Waals surface area (Å²) in [5, 5.41) is 9.16. The molecule has 0 N–H and O–H groups in total. The molecule has 0 radical (unpaired) electrons. The first kappa shape index (κ1) is 18.6. The highest BCUT2D eigenvalue weighted by Crippen LogP contribution is 2.26. The van der Waals surface area contributed by atoms with E-state index < -0.39 is 0 Å². The lowest BCUT2D eigenvalue weighted by molar-refractivity contribution is 0.292. The van der Waals surface area contributed by atoms with Gasteiger partial charge in [-0.25, -0.2) is 9.36 Å². The maximum absolute atomic E-state index is 12.1. The first-order valence-electron chi connectivity index (χ1n) is 9.39. The minimum absolute atomic E-state index is 0.0436. The van der Waals surface area contributed by atoms with Crippen molar-refractivity contribution in [1.29, 1.82) is 0 Å². The Hall–Kier alpha value is -3.74. The highest BCUT2D eigenvalue weighted by molar-refractivity contribution is 5.59. The van der Waals surface area contributed by atoms with E-state index in [1.165, 1.54) is 10.7 Å². The summed E-state index contributed by atoms with van der Waals surface area (Å²) < 4.78 is 9.15. The van der Waals surface area contributed by atoms with Crippen LogP contribution in [-0.2, 0) is 6.61 Å². The summed E-state index contributed by atoms with van der Waals surface area (Å²) in [7, 11) is 0. The van der Waals surface area contributed by atoms with Gasteiger partial charge >= 0.3 is 0 Å². The zero-order chi connectivity index (χ0) is 20.2. The quantitative estimate of drug-likeness (QED) is 0.505. The molecule has 0 aliphatic carbocycles. The molecule has 7 nitrogen and oxygen atoms in total. The zero-order valence-corrected chi connectivity index (χ0v) is 16.3. The number of benzene rings is 1. The summed E-state index contributed by atoms with van der Waals surface area (Å²) in [5.41, 5.74) is 3.14. The number of hydrogen-bond acceptors (Lipinski definition) is 5. The van der Waals surface area contributed by atoms with Crippen LogP contribution < -0.4 is 10.3 Å². The summed E-state index contributed by atoms with van der Waals surface area (Å²) in [6, 6.07) is 18.6. The van der Waals surface area contributed by atoms with E-state index in [9.17, 15) is 4.79 Å². The number of pyridine rings is 1. The Balaban J connectivity index is 1.75. The lowest BCUT2D eigenvalue weighted by Gasteiger charge is -2.11. The second-order valence-electron chi connectivity index (χ2n) is 6.85. The minimum atomic E-state index is -0.135. The highest BCUT2D eigenvalue weighted by atomic mass is 16.5. The number of aromatic nitrogens is 5. The second-order valence-corrected chi connectivity index (χ2v) is 6.85. The zero-order valence-electron chi connectivity index (χ0n) is 16.3. The van der Waals surface area contributed by atoms with Gasteiger partial charge in [-0.05, 0) is 49.7 Å². The monoisotopic (exact) mass is 387 g/mol. The summed E-state index contributed by atoms with van der Waals surface area (Å²) in [6.45, 7) is 4.23. The van der Waals surface area contributed by atoms with Gasteiger partial charge in [0.15, 0.2) is 0 Å². The Morgan fingerprint density at radius 3 is 2.45 bits per heavy atom. The SMILES string of the molecule is CC(C)n1nc(-c2cc(OCc3ccncc3)nn2-c2ccccc2)ccc1=O. The van der Waals surface area contributed by atoms with E-state index in [4.69, 9.17) is 4.74 Å². The maximum Gasteiger partial charge on any atom is 0.267 e. The molecule has 0 amide bonds. The standard InChI is InChI=1S/C22H21N5O2/c1-16(2)26-22(28)9-8-19(24-26)20-14-21(29-15-17-10-12-23-13-11-17)25-27(20)18-6-4-3-5-7-18/h3-14,16H,15H2,1-2H3. The molecule has 3 heterocycles. The van der Waals surface area contributed by atoms with Gasteiger partial charge in [0.25, 0.3) is 5.56 Å². The van der Waals surface area contributed by atoms with Gasteiger partial charge in [-0.1, -0.05) is 18.2 Å². The summed E-state index contributed by atoms with van der Waals surface area (Å²) in [6.07, 6.45) is 3.46. The molecule has 0 unspecified atom stereocenters. The number of hydrogen-bond donors (Lipinski definition) is 0. The van der Waals surface area contributed by atoms with Crippen LogP contribution in [0.1, 0.15) is 25.5 Å². The van der Waals surface area contributed by atoms with Gasteiger partial charge in [0.2, 0.25) is 5.88 Å². The van der Waals surface area contributed by atoms with Crippen LogP contribution in [0.5, 0.6) is 5.88 Å². The van der Waals surface area contributed by atoms with Gasteiger partial charge in [-0.15, -0.1) is 5.10 Å². The number of nitrogens with zero attached hydrogens (tertiary/aromatic N) is 5. The van der Waals surface area contributed by atoms with Crippen LogP contribution in [0.15, 0.2) is 77.9 Å². The van der Waals surface area contributed by atoms with Gasteiger partial charge in [-0.2, -0.15) is 5.10 Å². The van der Waals surface area contributed by atoms with Gasteiger partial charge in [-0.3, -0.25) is 9.78 Å². The van der Waals surface area contributed by atoms with Crippen molar-refractivity contribution >= 4 is 0 Å². The topological polar surface area (TPSA) is 74.8 Å². The predicted octanol–water partition coefficient (Wildman–Crippen LogP) is 3.65. The maximum atomic E-state index is 12.1. The van der Waals surface area contributed by atoms with Crippen molar-refractivity contribution in [1.82, 2.24) is 24.5 Å². The minimum Gasteiger partial charge on any atom is -0.472 e. The fourth-order valence-electron chi connectivity index (χ4n) is 2.95. The molecule has 4 aromatic rings. The van der Waals surface area contributed by atoms with Crippen molar-refractivity contribution in [2.24, 2.45) is 0 Å². The average molecular weight is 387 g/mol. The summed E-state index contributed by atoms with van der Waals surface area (Å²) in [4.78, 5) is 16.1. The molecule has 0 fully saturated rings. The Morgan fingerprint density at radius 1 is 0.966 bits per heavy atom. The molecule has 4 rings (SSSR count). The van der Waals surface area contributed by atoms with E-state index in [0.29, 0.717) is 18.2 Å². The Kier molecular flexibility index (Phi) is 5.20. The number of para-hydroxylation sites is 1. The largest absolute Gasteiger partial charge is 0.472 e. The third-order valence-electron chi connectivity index (χ3n) is 4.40. The van der Waals surface area contributed by atoms with E-state index in [1.54, 1.807) is 23.1 Å². The number of ether oxygens (including phenoxy) is 1. The molecule has 0 saturated carbocycles. The fraction of sp³-hybridized carbons (Fsp3) is 0.182. The predicted molar refractivity (Wildman–Crippen MR) is 110 cm³/mol. The van der Waals surface area contributed by atoms with E-state index >= 15 is 0 Å². The van der Waals surface area contributed by atoms with Gasteiger partial charge in [0, 0.05) is 24.5 Å². The van der Waals surface area contributed by atoms with Crippen LogP contribution in [0.3, 0.4) is 0 Å². The normalized spacial score (nSPS) is 11.0. The van der Waals surface area contributed by atoms with Crippen LogP contribution in [0.25, 0.3) is 17.1 Å². The van der Waals surface area contributed by atoms with Crippen molar-refractivity contribution in [3.8, 4) is 23.0 Å². The first-order valence-corrected chi connectivity index (χ1v) is 9.39. The highest BCUT2D eigenvalue weighted by Gasteiger charge is 2.16. The molecule has 0 bridgehead atoms. The van der Waals surface area contributed by atoms with Gasteiger partial charge in [0.1, 0.15) is 12.3 Å². The third-order valence-corrected chi connectivity index (χ3v) is 4.40. The molecule has 0 atom stereocenters. The molecule has 1 aromatic carbocycles. The second kappa shape index (κ2) is 8.10. The molecule has 146 valence electrons. The van der Waals surface area contributed by atoms with Crippen molar-refractivity contribution in [3.63, 3.8) is 0 Å². The Morgan fingerprint density at radius 2 is 1.72 bits per heavy atom. The van der Waals surface area contributed by atoms with E-state index in [1.807, 2.05) is 62.4 Å². The first-order chi connectivity index (χ1) is 14.1. The summed E-state index contributed by atoms with van der Waals surface area (Å²) >= 11 is 0. The van der Waals surface area contributed by atoms with Crippen LogP contribution in [0.2, 0.25) is 0 Å². The lowest BCUT2D eigenvalue weighted by atomic mass is 10.2. The average Bonchev–Trinajstić information content (AvgIpc) is 3.18.